The second kappa shape index (κ2) is 5.34. The Balaban J connectivity index is 1.43. The normalized spacial score (nSPS) is 14.8. The second-order valence-electron chi connectivity index (χ2n) is 5.06. The number of hydrogen-bond donors (Lipinski definition) is 0. The SMILES string of the molecule is O=C(c1cccs1)N1CC(c2nc(-c3ccccn3)no2)C1. The van der Waals surface area contributed by atoms with E-state index in [2.05, 4.69) is 15.1 Å². The van der Waals surface area contributed by atoms with Gasteiger partial charge >= 0.3 is 0 Å². The number of carbonyl (C=O) groups is 1. The van der Waals surface area contributed by atoms with E-state index >= 15 is 0 Å². The number of rotatable bonds is 3. The lowest BCUT2D eigenvalue weighted by molar-refractivity contribution is 0.0574. The number of likely N-dealkylation sites (tertiary alicyclic amines) is 1. The Morgan fingerprint density at radius 2 is 2.18 bits per heavy atom. The smallest absolute Gasteiger partial charge is 0.263 e. The summed E-state index contributed by atoms with van der Waals surface area (Å²) in [6.45, 7) is 1.22. The average Bonchev–Trinajstić information content (AvgIpc) is 3.18. The molecule has 3 aromatic heterocycles. The lowest BCUT2D eigenvalue weighted by Crippen LogP contribution is -2.48. The van der Waals surface area contributed by atoms with Crippen molar-refractivity contribution in [3.05, 3.63) is 52.7 Å². The molecule has 22 heavy (non-hydrogen) atoms. The molecule has 1 saturated heterocycles. The van der Waals surface area contributed by atoms with E-state index in [1.165, 1.54) is 11.3 Å². The lowest BCUT2D eigenvalue weighted by Gasteiger charge is -2.36. The third-order valence-electron chi connectivity index (χ3n) is 3.59. The maximum absolute atomic E-state index is 12.2. The number of thiophene rings is 1. The van der Waals surface area contributed by atoms with Crippen molar-refractivity contribution in [2.75, 3.05) is 13.1 Å². The Labute approximate surface area is 130 Å². The molecule has 0 atom stereocenters. The molecule has 1 aliphatic rings. The van der Waals surface area contributed by atoms with Crippen LogP contribution in [-0.4, -0.2) is 39.0 Å². The lowest BCUT2D eigenvalue weighted by atomic mass is 10.00. The van der Waals surface area contributed by atoms with Crippen molar-refractivity contribution in [3.8, 4) is 11.5 Å². The summed E-state index contributed by atoms with van der Waals surface area (Å²) in [6.07, 6.45) is 1.69. The topological polar surface area (TPSA) is 72.1 Å². The molecule has 1 amide bonds. The Morgan fingerprint density at radius 1 is 1.27 bits per heavy atom. The summed E-state index contributed by atoms with van der Waals surface area (Å²) in [5, 5.41) is 5.86. The number of hydrogen-bond acceptors (Lipinski definition) is 6. The largest absolute Gasteiger partial charge is 0.338 e. The molecule has 0 N–H and O–H groups in total. The monoisotopic (exact) mass is 312 g/mol. The van der Waals surface area contributed by atoms with E-state index in [-0.39, 0.29) is 11.8 Å². The molecule has 0 radical (unpaired) electrons. The Bertz CT molecular complexity index is 779. The highest BCUT2D eigenvalue weighted by Gasteiger charge is 2.36. The van der Waals surface area contributed by atoms with Gasteiger partial charge in [-0.1, -0.05) is 17.3 Å². The van der Waals surface area contributed by atoms with E-state index in [0.717, 1.165) is 4.88 Å². The van der Waals surface area contributed by atoms with Crippen molar-refractivity contribution in [3.63, 3.8) is 0 Å². The molecular weight excluding hydrogens is 300 g/mol. The van der Waals surface area contributed by atoms with Crippen molar-refractivity contribution >= 4 is 17.2 Å². The van der Waals surface area contributed by atoms with Crippen molar-refractivity contribution in [2.45, 2.75) is 5.92 Å². The maximum Gasteiger partial charge on any atom is 0.263 e. The first-order valence-electron chi connectivity index (χ1n) is 6.89. The molecule has 1 fully saturated rings. The molecule has 7 heteroatoms. The van der Waals surface area contributed by atoms with E-state index < -0.39 is 0 Å². The van der Waals surface area contributed by atoms with Crippen LogP contribution in [0.3, 0.4) is 0 Å². The molecule has 0 aliphatic carbocycles. The van der Waals surface area contributed by atoms with Crippen LogP contribution in [0.5, 0.6) is 0 Å². The summed E-state index contributed by atoms with van der Waals surface area (Å²) in [6, 6.07) is 9.27. The predicted molar refractivity (Wildman–Crippen MR) is 80.5 cm³/mol. The molecule has 3 aromatic rings. The predicted octanol–water partition coefficient (Wildman–Crippen LogP) is 2.43. The first-order chi connectivity index (χ1) is 10.8. The van der Waals surface area contributed by atoms with Crippen LogP contribution in [0.2, 0.25) is 0 Å². The maximum atomic E-state index is 12.2. The second-order valence-corrected chi connectivity index (χ2v) is 6.00. The summed E-state index contributed by atoms with van der Waals surface area (Å²) in [7, 11) is 0. The Morgan fingerprint density at radius 3 is 2.91 bits per heavy atom. The fraction of sp³-hybridized carbons (Fsp3) is 0.200. The van der Waals surface area contributed by atoms with Gasteiger partial charge in [0.2, 0.25) is 11.7 Å². The number of aromatic nitrogens is 3. The molecule has 0 saturated carbocycles. The van der Waals surface area contributed by atoms with Crippen LogP contribution in [0, 0.1) is 0 Å². The zero-order chi connectivity index (χ0) is 14.9. The third-order valence-corrected chi connectivity index (χ3v) is 4.44. The van der Waals surface area contributed by atoms with Gasteiger partial charge in [0.05, 0.1) is 10.8 Å². The minimum atomic E-state index is 0.0655. The van der Waals surface area contributed by atoms with Gasteiger partial charge in [0.15, 0.2) is 0 Å². The van der Waals surface area contributed by atoms with Crippen LogP contribution in [0.15, 0.2) is 46.4 Å². The van der Waals surface area contributed by atoms with Crippen LogP contribution in [0.4, 0.5) is 0 Å². The fourth-order valence-corrected chi connectivity index (χ4v) is 3.05. The van der Waals surface area contributed by atoms with Crippen LogP contribution >= 0.6 is 11.3 Å². The van der Waals surface area contributed by atoms with Gasteiger partial charge in [-0.05, 0) is 23.6 Å². The van der Waals surface area contributed by atoms with E-state index in [0.29, 0.717) is 30.5 Å². The van der Waals surface area contributed by atoms with E-state index in [1.54, 1.807) is 11.1 Å². The molecule has 4 heterocycles. The number of nitrogens with zero attached hydrogens (tertiary/aromatic N) is 4. The molecule has 0 spiro atoms. The molecule has 6 nitrogen and oxygen atoms in total. The third kappa shape index (κ3) is 2.29. The molecule has 0 bridgehead atoms. The highest BCUT2D eigenvalue weighted by molar-refractivity contribution is 7.12. The van der Waals surface area contributed by atoms with E-state index in [4.69, 9.17) is 4.52 Å². The average molecular weight is 312 g/mol. The van der Waals surface area contributed by atoms with Crippen LogP contribution in [-0.2, 0) is 0 Å². The van der Waals surface area contributed by atoms with Crippen LogP contribution in [0.1, 0.15) is 21.5 Å². The van der Waals surface area contributed by atoms with E-state index in [1.807, 2.05) is 35.7 Å². The molecule has 0 unspecified atom stereocenters. The van der Waals surface area contributed by atoms with Gasteiger partial charge in [-0.2, -0.15) is 4.98 Å². The summed E-state index contributed by atoms with van der Waals surface area (Å²) >= 11 is 1.46. The van der Waals surface area contributed by atoms with Crippen LogP contribution < -0.4 is 0 Å². The Kier molecular flexibility index (Phi) is 3.19. The summed E-state index contributed by atoms with van der Waals surface area (Å²) in [5.41, 5.74) is 0.684. The molecule has 1 aliphatic heterocycles. The zero-order valence-electron chi connectivity index (χ0n) is 11.5. The standard InChI is InChI=1S/C15H12N4O2S/c20-15(12-5-3-7-22-12)19-8-10(9-19)14-17-13(18-21-14)11-4-1-2-6-16-11/h1-7,10H,8-9H2. The van der Waals surface area contributed by atoms with Crippen molar-refractivity contribution in [1.29, 1.82) is 0 Å². The summed E-state index contributed by atoms with van der Waals surface area (Å²) < 4.78 is 5.31. The number of carbonyl (C=O) groups excluding carboxylic acids is 1. The highest BCUT2D eigenvalue weighted by Crippen LogP contribution is 2.29. The van der Waals surface area contributed by atoms with Gasteiger partial charge in [0.1, 0.15) is 5.69 Å². The van der Waals surface area contributed by atoms with Gasteiger partial charge in [0.25, 0.3) is 5.91 Å². The number of pyridine rings is 1. The number of amides is 1. The Hall–Kier alpha value is -2.54. The van der Waals surface area contributed by atoms with Crippen molar-refractivity contribution in [2.24, 2.45) is 0 Å². The minimum Gasteiger partial charge on any atom is -0.338 e. The zero-order valence-corrected chi connectivity index (χ0v) is 12.4. The van der Waals surface area contributed by atoms with Gasteiger partial charge in [0, 0.05) is 19.3 Å². The summed E-state index contributed by atoms with van der Waals surface area (Å²) in [4.78, 5) is 23.3. The molecule has 4 rings (SSSR count). The first-order valence-corrected chi connectivity index (χ1v) is 7.77. The minimum absolute atomic E-state index is 0.0655. The molecular formula is C15H12N4O2S. The van der Waals surface area contributed by atoms with Crippen molar-refractivity contribution < 1.29 is 9.32 Å². The summed E-state index contributed by atoms with van der Waals surface area (Å²) in [5.74, 6) is 1.22. The van der Waals surface area contributed by atoms with Gasteiger partial charge in [-0.15, -0.1) is 11.3 Å². The van der Waals surface area contributed by atoms with Gasteiger partial charge in [-0.3, -0.25) is 9.78 Å². The van der Waals surface area contributed by atoms with Crippen molar-refractivity contribution in [1.82, 2.24) is 20.0 Å². The highest BCUT2D eigenvalue weighted by atomic mass is 32.1. The van der Waals surface area contributed by atoms with E-state index in [9.17, 15) is 4.79 Å². The van der Waals surface area contributed by atoms with Gasteiger partial charge in [-0.25, -0.2) is 0 Å². The quantitative estimate of drug-likeness (QED) is 0.742. The molecule has 0 aromatic carbocycles. The van der Waals surface area contributed by atoms with Crippen LogP contribution in [0.25, 0.3) is 11.5 Å². The fourth-order valence-electron chi connectivity index (χ4n) is 2.36. The first kappa shape index (κ1) is 13.1. The van der Waals surface area contributed by atoms with Gasteiger partial charge < -0.3 is 9.42 Å². The molecule has 110 valence electrons.